The number of hydrogen-bond donors (Lipinski definition) is 1. The van der Waals surface area contributed by atoms with Crippen molar-refractivity contribution in [3.8, 4) is 0 Å². The van der Waals surface area contributed by atoms with Gasteiger partial charge in [0.05, 0.1) is 11.2 Å². The summed E-state index contributed by atoms with van der Waals surface area (Å²) in [7, 11) is 0.329. The molecule has 0 saturated heterocycles. The van der Waals surface area contributed by atoms with Crippen LogP contribution in [0.2, 0.25) is 5.02 Å². The fourth-order valence-corrected chi connectivity index (χ4v) is 3.42. The second-order valence-corrected chi connectivity index (χ2v) is 8.53. The van der Waals surface area contributed by atoms with E-state index in [4.69, 9.17) is 20.7 Å². The zero-order chi connectivity index (χ0) is 19.4. The van der Waals surface area contributed by atoms with Crippen LogP contribution in [-0.2, 0) is 4.65 Å². The quantitative estimate of drug-likeness (QED) is 0.510. The van der Waals surface area contributed by atoms with Crippen LogP contribution in [0.25, 0.3) is 32.7 Å². The molecule has 0 unspecified atom stereocenters. The molecule has 0 atom stereocenters. The van der Waals surface area contributed by atoms with Gasteiger partial charge in [0.1, 0.15) is 11.2 Å². The Hall–Kier alpha value is -2.01. The highest BCUT2D eigenvalue weighted by atomic mass is 35.5. The van der Waals surface area contributed by atoms with E-state index in [0.717, 1.165) is 38.2 Å². The third-order valence-corrected chi connectivity index (χ3v) is 5.77. The van der Waals surface area contributed by atoms with Crippen LogP contribution in [0, 0.1) is 0 Å². The molecule has 138 valence electrons. The number of fused-ring (bicyclic) bond motifs is 4. The van der Waals surface area contributed by atoms with Gasteiger partial charge in [-0.1, -0.05) is 35.9 Å². The Kier molecular flexibility index (Phi) is 4.26. The van der Waals surface area contributed by atoms with Crippen molar-refractivity contribution in [3.63, 3.8) is 0 Å². The molecule has 4 aromatic rings. The molecule has 4 rings (SSSR count). The van der Waals surface area contributed by atoms with Gasteiger partial charge >= 0.3 is 7.48 Å². The van der Waals surface area contributed by atoms with E-state index in [-0.39, 0.29) is 0 Å². The first-order valence-corrected chi connectivity index (χ1v) is 9.43. The van der Waals surface area contributed by atoms with Crippen LogP contribution < -0.4 is 5.46 Å². The van der Waals surface area contributed by atoms with E-state index in [1.807, 2.05) is 38.1 Å². The summed E-state index contributed by atoms with van der Waals surface area (Å²) >= 11 is 6.33. The van der Waals surface area contributed by atoms with E-state index >= 15 is 0 Å². The predicted molar refractivity (Wildman–Crippen MR) is 114 cm³/mol. The molecule has 1 N–H and O–H groups in total. The van der Waals surface area contributed by atoms with E-state index in [0.29, 0.717) is 12.5 Å². The molecule has 27 heavy (non-hydrogen) atoms. The summed E-state index contributed by atoms with van der Waals surface area (Å²) < 4.78 is 12.2. The fraction of sp³-hybridized carbons (Fsp3) is 0.273. The minimum atomic E-state index is -0.973. The van der Waals surface area contributed by atoms with Crippen LogP contribution in [0.5, 0.6) is 0 Å². The van der Waals surface area contributed by atoms with Crippen molar-refractivity contribution < 1.29 is 14.2 Å². The van der Waals surface area contributed by atoms with Crippen molar-refractivity contribution in [2.24, 2.45) is 0 Å². The van der Waals surface area contributed by atoms with Crippen LogP contribution >= 0.6 is 11.6 Å². The van der Waals surface area contributed by atoms with Crippen LogP contribution in [-0.4, -0.2) is 23.8 Å². The number of hydrogen-bond acceptors (Lipinski definition) is 3. The highest BCUT2D eigenvalue weighted by Gasteiger charge is 2.36. The Morgan fingerprint density at radius 1 is 0.963 bits per heavy atom. The summed E-state index contributed by atoms with van der Waals surface area (Å²) in [4.78, 5) is 0. The number of rotatable bonds is 4. The number of halogens is 1. The standard InChI is InChI=1S/C22H22BClO3/c1-21(2,25)22(3,4)27-23-17-11-15(24)12-19-20(17)16-9-13-7-5-6-8-14(13)10-18(16)26-19/h5-12,23,25H,1-4H3. The third kappa shape index (κ3) is 3.23. The molecule has 0 amide bonds. The van der Waals surface area contributed by atoms with Gasteiger partial charge in [0, 0.05) is 21.9 Å². The summed E-state index contributed by atoms with van der Waals surface area (Å²) in [6, 6.07) is 16.2. The molecule has 3 nitrogen and oxygen atoms in total. The van der Waals surface area contributed by atoms with E-state index in [9.17, 15) is 5.11 Å². The highest BCUT2D eigenvalue weighted by molar-refractivity contribution is 6.54. The van der Waals surface area contributed by atoms with Crippen molar-refractivity contribution in [3.05, 3.63) is 53.6 Å². The third-order valence-electron chi connectivity index (χ3n) is 5.55. The Morgan fingerprint density at radius 2 is 1.63 bits per heavy atom. The van der Waals surface area contributed by atoms with Gasteiger partial charge in [-0.2, -0.15) is 0 Å². The van der Waals surface area contributed by atoms with Gasteiger partial charge in [-0.3, -0.25) is 0 Å². The van der Waals surface area contributed by atoms with E-state index in [1.165, 1.54) is 0 Å². The number of aliphatic hydroxyl groups is 1. The summed E-state index contributed by atoms with van der Waals surface area (Å²) in [5.74, 6) is 0. The molecule has 0 aliphatic heterocycles. The molecule has 1 heterocycles. The molecule has 0 aliphatic rings. The second kappa shape index (κ2) is 6.27. The van der Waals surface area contributed by atoms with Crippen LogP contribution in [0.3, 0.4) is 0 Å². The summed E-state index contributed by atoms with van der Waals surface area (Å²) in [5.41, 5.74) is 0.832. The lowest BCUT2D eigenvalue weighted by atomic mass is 9.80. The van der Waals surface area contributed by atoms with E-state index in [1.54, 1.807) is 13.8 Å². The van der Waals surface area contributed by atoms with Gasteiger partial charge in [-0.15, -0.1) is 0 Å². The maximum absolute atomic E-state index is 10.4. The molecule has 0 radical (unpaired) electrons. The molecule has 0 fully saturated rings. The summed E-state index contributed by atoms with van der Waals surface area (Å²) in [6.45, 7) is 7.27. The molecule has 5 heteroatoms. The Morgan fingerprint density at radius 3 is 2.30 bits per heavy atom. The van der Waals surface area contributed by atoms with Crippen LogP contribution in [0.1, 0.15) is 27.7 Å². The molecule has 0 aliphatic carbocycles. The number of furan rings is 1. The van der Waals surface area contributed by atoms with Gasteiger partial charge < -0.3 is 14.2 Å². The van der Waals surface area contributed by atoms with Crippen molar-refractivity contribution >= 4 is 57.3 Å². The highest BCUT2D eigenvalue weighted by Crippen LogP contribution is 2.33. The molecule has 0 spiro atoms. The second-order valence-electron chi connectivity index (χ2n) is 8.09. The fourth-order valence-electron chi connectivity index (χ4n) is 3.19. The van der Waals surface area contributed by atoms with E-state index in [2.05, 4.69) is 24.3 Å². The Balaban J connectivity index is 1.88. The minimum Gasteiger partial charge on any atom is -0.456 e. The van der Waals surface area contributed by atoms with Crippen molar-refractivity contribution in [1.29, 1.82) is 0 Å². The SMILES string of the molecule is CC(C)(O)C(C)(C)OBc1cc(Cl)cc2oc3cc4ccccc4cc3c12. The largest absolute Gasteiger partial charge is 0.456 e. The van der Waals surface area contributed by atoms with Gasteiger partial charge in [0.2, 0.25) is 0 Å². The number of benzene rings is 3. The topological polar surface area (TPSA) is 42.6 Å². The predicted octanol–water partition coefficient (Wildman–Crippen LogP) is 4.94. The first-order chi connectivity index (χ1) is 12.7. The lowest BCUT2D eigenvalue weighted by molar-refractivity contribution is -0.0893. The van der Waals surface area contributed by atoms with Gasteiger partial charge in [0.25, 0.3) is 0 Å². The monoisotopic (exact) mass is 380 g/mol. The maximum Gasteiger partial charge on any atom is 0.310 e. The zero-order valence-corrected chi connectivity index (χ0v) is 16.7. The summed E-state index contributed by atoms with van der Waals surface area (Å²) in [6.07, 6.45) is 0. The van der Waals surface area contributed by atoms with Crippen molar-refractivity contribution in [2.45, 2.75) is 38.9 Å². The smallest absolute Gasteiger partial charge is 0.310 e. The molecule has 0 saturated carbocycles. The van der Waals surface area contributed by atoms with Crippen LogP contribution in [0.15, 0.2) is 52.9 Å². The Bertz CT molecular complexity index is 1160. The summed E-state index contributed by atoms with van der Waals surface area (Å²) in [5, 5.41) is 15.3. The minimum absolute atomic E-state index is 0.329. The van der Waals surface area contributed by atoms with Gasteiger partial charge in [-0.05, 0) is 62.1 Å². The first kappa shape index (κ1) is 18.4. The zero-order valence-electron chi connectivity index (χ0n) is 16.0. The van der Waals surface area contributed by atoms with E-state index < -0.39 is 11.2 Å². The molecule has 3 aromatic carbocycles. The average Bonchev–Trinajstić information content (AvgIpc) is 2.93. The van der Waals surface area contributed by atoms with Gasteiger partial charge in [-0.25, -0.2) is 0 Å². The maximum atomic E-state index is 10.4. The van der Waals surface area contributed by atoms with Crippen molar-refractivity contribution in [2.75, 3.05) is 0 Å². The molecule has 0 bridgehead atoms. The first-order valence-electron chi connectivity index (χ1n) is 9.05. The molecular formula is C22H22BClO3. The lowest BCUT2D eigenvalue weighted by Crippen LogP contribution is -2.49. The molecule has 1 aromatic heterocycles. The average molecular weight is 381 g/mol. The lowest BCUT2D eigenvalue weighted by Gasteiger charge is -2.37. The van der Waals surface area contributed by atoms with Crippen molar-refractivity contribution in [1.82, 2.24) is 0 Å². The van der Waals surface area contributed by atoms with Gasteiger partial charge in [0.15, 0.2) is 0 Å². The Labute approximate surface area is 164 Å². The normalized spacial score (nSPS) is 13.0. The van der Waals surface area contributed by atoms with Crippen LogP contribution in [0.4, 0.5) is 0 Å². The molecular weight excluding hydrogens is 359 g/mol.